The van der Waals surface area contributed by atoms with Crippen molar-refractivity contribution in [2.45, 2.75) is 32.5 Å². The molecule has 2 N–H and O–H groups in total. The van der Waals surface area contributed by atoms with E-state index in [9.17, 15) is 0 Å². The molecule has 0 aromatic carbocycles. The molecule has 0 aliphatic carbocycles. The molecular weight excluding hydrogens is 150 g/mol. The molecule has 0 aromatic rings. The lowest BCUT2D eigenvalue weighted by Crippen LogP contribution is -2.58. The highest BCUT2D eigenvalue weighted by molar-refractivity contribution is 4.71. The molecule has 1 aliphatic rings. The van der Waals surface area contributed by atoms with Crippen molar-refractivity contribution < 1.29 is 0 Å². The Hall–Kier alpha value is -0.120. The zero-order valence-electron chi connectivity index (χ0n) is 8.27. The predicted molar refractivity (Wildman–Crippen MR) is 51.9 cm³/mol. The first-order chi connectivity index (χ1) is 5.88. The lowest BCUT2D eigenvalue weighted by molar-refractivity contribution is 0.108. The van der Waals surface area contributed by atoms with Crippen LogP contribution in [0.5, 0.6) is 0 Å². The number of nitrogens with one attached hydrogen (secondary N) is 2. The second-order valence-corrected chi connectivity index (χ2v) is 3.39. The minimum Gasteiger partial charge on any atom is -0.293 e. The van der Waals surface area contributed by atoms with Crippen molar-refractivity contribution >= 4 is 0 Å². The van der Waals surface area contributed by atoms with Crippen molar-refractivity contribution in [3.8, 4) is 0 Å². The van der Waals surface area contributed by atoms with Gasteiger partial charge in [-0.05, 0) is 26.4 Å². The topological polar surface area (TPSA) is 27.3 Å². The van der Waals surface area contributed by atoms with Gasteiger partial charge in [-0.3, -0.25) is 15.5 Å². The molecule has 0 bridgehead atoms. The summed E-state index contributed by atoms with van der Waals surface area (Å²) in [6, 6.07) is 0. The normalized spacial score (nSPS) is 26.0. The van der Waals surface area contributed by atoms with Crippen molar-refractivity contribution in [1.29, 1.82) is 0 Å². The summed E-state index contributed by atoms with van der Waals surface area (Å²) >= 11 is 0. The van der Waals surface area contributed by atoms with Crippen LogP contribution in [-0.4, -0.2) is 37.9 Å². The van der Waals surface area contributed by atoms with Crippen LogP contribution in [0.2, 0.25) is 0 Å². The van der Waals surface area contributed by atoms with Crippen LogP contribution in [0.4, 0.5) is 0 Å². The van der Waals surface area contributed by atoms with Crippen LogP contribution in [0.25, 0.3) is 0 Å². The molecule has 1 unspecified atom stereocenters. The first-order valence-electron chi connectivity index (χ1n) is 5.03. The van der Waals surface area contributed by atoms with E-state index in [4.69, 9.17) is 0 Å². The summed E-state index contributed by atoms with van der Waals surface area (Å²) in [6.45, 7) is 5.84. The van der Waals surface area contributed by atoms with Gasteiger partial charge < -0.3 is 0 Å². The number of unbranched alkanes of at least 4 members (excludes halogenated alkanes) is 1. The zero-order valence-corrected chi connectivity index (χ0v) is 8.27. The molecule has 1 aliphatic heterocycles. The maximum absolute atomic E-state index is 3.44. The van der Waals surface area contributed by atoms with Crippen molar-refractivity contribution in [1.82, 2.24) is 15.5 Å². The summed E-state index contributed by atoms with van der Waals surface area (Å²) in [4.78, 5) is 2.48. The van der Waals surface area contributed by atoms with Crippen LogP contribution in [0, 0.1) is 0 Å². The molecule has 1 saturated heterocycles. The van der Waals surface area contributed by atoms with Crippen LogP contribution in [0.1, 0.15) is 26.2 Å². The molecule has 72 valence electrons. The van der Waals surface area contributed by atoms with Gasteiger partial charge in [-0.1, -0.05) is 13.3 Å². The quantitative estimate of drug-likeness (QED) is 0.648. The van der Waals surface area contributed by atoms with E-state index in [2.05, 4.69) is 22.5 Å². The summed E-state index contributed by atoms with van der Waals surface area (Å²) in [5.74, 6) is 0. The largest absolute Gasteiger partial charge is 0.293 e. The summed E-state index contributed by atoms with van der Waals surface area (Å²) in [5, 5.41) is 6.72. The average molecular weight is 171 g/mol. The maximum atomic E-state index is 3.44. The van der Waals surface area contributed by atoms with E-state index < -0.39 is 0 Å². The van der Waals surface area contributed by atoms with Gasteiger partial charge in [0, 0.05) is 13.1 Å². The van der Waals surface area contributed by atoms with E-state index in [-0.39, 0.29) is 0 Å². The standard InChI is InChI=1S/C9H21N3/c1-3-4-7-12-8-5-6-11-9(12)10-2/h9-11H,3-8H2,1-2H3. The van der Waals surface area contributed by atoms with Gasteiger partial charge in [0.25, 0.3) is 0 Å². The van der Waals surface area contributed by atoms with E-state index >= 15 is 0 Å². The summed E-state index contributed by atoms with van der Waals surface area (Å²) in [7, 11) is 2.02. The molecule has 1 atom stereocenters. The fraction of sp³-hybridized carbons (Fsp3) is 1.00. The highest BCUT2D eigenvalue weighted by Gasteiger charge is 2.18. The molecule has 0 spiro atoms. The smallest absolute Gasteiger partial charge is 0.114 e. The van der Waals surface area contributed by atoms with Crippen molar-refractivity contribution in [3.63, 3.8) is 0 Å². The van der Waals surface area contributed by atoms with Crippen molar-refractivity contribution in [2.24, 2.45) is 0 Å². The molecule has 0 radical (unpaired) electrons. The third-order valence-corrected chi connectivity index (χ3v) is 2.40. The van der Waals surface area contributed by atoms with E-state index in [1.165, 1.54) is 32.4 Å². The van der Waals surface area contributed by atoms with Crippen LogP contribution in [0.3, 0.4) is 0 Å². The Morgan fingerprint density at radius 3 is 3.08 bits per heavy atom. The Bertz CT molecular complexity index is 116. The Morgan fingerprint density at radius 2 is 2.42 bits per heavy atom. The fourth-order valence-electron chi connectivity index (χ4n) is 1.67. The van der Waals surface area contributed by atoms with Crippen LogP contribution < -0.4 is 10.6 Å². The predicted octanol–water partition coefficient (Wildman–Crippen LogP) is 0.585. The Balaban J connectivity index is 2.26. The monoisotopic (exact) mass is 171 g/mol. The van der Waals surface area contributed by atoms with Gasteiger partial charge in [0.1, 0.15) is 6.29 Å². The van der Waals surface area contributed by atoms with Gasteiger partial charge in [0.15, 0.2) is 0 Å². The van der Waals surface area contributed by atoms with Crippen LogP contribution >= 0.6 is 0 Å². The lowest BCUT2D eigenvalue weighted by Gasteiger charge is -2.36. The molecule has 0 aromatic heterocycles. The van der Waals surface area contributed by atoms with E-state index in [1.54, 1.807) is 0 Å². The molecule has 0 amide bonds. The summed E-state index contributed by atoms with van der Waals surface area (Å²) < 4.78 is 0. The molecule has 0 saturated carbocycles. The number of hydrogen-bond acceptors (Lipinski definition) is 3. The van der Waals surface area contributed by atoms with Gasteiger partial charge in [-0.2, -0.15) is 0 Å². The highest BCUT2D eigenvalue weighted by atomic mass is 15.4. The summed E-state index contributed by atoms with van der Waals surface area (Å²) in [5.41, 5.74) is 0. The minimum absolute atomic E-state index is 0.408. The van der Waals surface area contributed by atoms with E-state index in [1.807, 2.05) is 7.05 Å². The number of nitrogens with zero attached hydrogens (tertiary/aromatic N) is 1. The highest BCUT2D eigenvalue weighted by Crippen LogP contribution is 2.03. The van der Waals surface area contributed by atoms with Crippen LogP contribution in [-0.2, 0) is 0 Å². The third kappa shape index (κ3) is 2.73. The Morgan fingerprint density at radius 1 is 1.58 bits per heavy atom. The average Bonchev–Trinajstić information content (AvgIpc) is 2.15. The molecule has 12 heavy (non-hydrogen) atoms. The zero-order chi connectivity index (χ0) is 8.81. The molecule has 1 fully saturated rings. The second-order valence-electron chi connectivity index (χ2n) is 3.39. The Labute approximate surface area is 75.5 Å². The minimum atomic E-state index is 0.408. The van der Waals surface area contributed by atoms with Crippen molar-refractivity contribution in [3.05, 3.63) is 0 Å². The van der Waals surface area contributed by atoms with Gasteiger partial charge in [-0.25, -0.2) is 0 Å². The molecule has 1 rings (SSSR count). The van der Waals surface area contributed by atoms with Crippen molar-refractivity contribution in [2.75, 3.05) is 26.7 Å². The second kappa shape index (κ2) is 5.51. The first-order valence-corrected chi connectivity index (χ1v) is 5.03. The SMILES string of the molecule is CCCCN1CCCNC1NC. The van der Waals surface area contributed by atoms with Gasteiger partial charge in [0.05, 0.1) is 0 Å². The van der Waals surface area contributed by atoms with Gasteiger partial charge in [0.2, 0.25) is 0 Å². The maximum Gasteiger partial charge on any atom is 0.114 e. The Kier molecular flexibility index (Phi) is 4.58. The lowest BCUT2D eigenvalue weighted by atomic mass is 10.2. The molecule has 1 heterocycles. The summed E-state index contributed by atoms with van der Waals surface area (Å²) in [6.07, 6.45) is 4.28. The molecule has 3 heteroatoms. The third-order valence-electron chi connectivity index (χ3n) is 2.40. The van der Waals surface area contributed by atoms with E-state index in [0.717, 1.165) is 6.54 Å². The van der Waals surface area contributed by atoms with Gasteiger partial charge in [-0.15, -0.1) is 0 Å². The number of hydrogen-bond donors (Lipinski definition) is 2. The molecule has 3 nitrogen and oxygen atoms in total. The number of rotatable bonds is 4. The van der Waals surface area contributed by atoms with Crippen LogP contribution in [0.15, 0.2) is 0 Å². The molecular formula is C9H21N3. The first kappa shape index (κ1) is 9.96. The van der Waals surface area contributed by atoms with E-state index in [0.29, 0.717) is 6.29 Å². The fourth-order valence-corrected chi connectivity index (χ4v) is 1.67. The van der Waals surface area contributed by atoms with Gasteiger partial charge >= 0.3 is 0 Å².